The summed E-state index contributed by atoms with van der Waals surface area (Å²) in [6.07, 6.45) is 9.78. The molecule has 2 aromatic heterocycles. The Kier molecular flexibility index (Phi) is 5.88. The minimum Gasteiger partial charge on any atom is -0.494 e. The number of fused-ring (bicyclic) bond motifs is 6. The number of aromatic hydroxyl groups is 2. The molecule has 1 aliphatic heterocycles. The van der Waals surface area contributed by atoms with Crippen LogP contribution in [-0.2, 0) is 6.54 Å². The second kappa shape index (κ2) is 9.25. The summed E-state index contributed by atoms with van der Waals surface area (Å²) in [5.41, 5.74) is 2.17. The Labute approximate surface area is 217 Å². The van der Waals surface area contributed by atoms with Crippen molar-refractivity contribution in [1.82, 2.24) is 13.8 Å². The highest BCUT2D eigenvalue weighted by Gasteiger charge is 2.44. The Bertz CT molecular complexity index is 1210. The molecule has 4 unspecified atom stereocenters. The number of piperazine rings is 1. The third-order valence-electron chi connectivity index (χ3n) is 9.86. The molecule has 2 bridgehead atoms. The van der Waals surface area contributed by atoms with E-state index >= 15 is 0 Å². The maximum Gasteiger partial charge on any atom is 0.197 e. The van der Waals surface area contributed by atoms with E-state index in [1.165, 1.54) is 55.0 Å². The largest absolute Gasteiger partial charge is 0.494 e. The number of aromatic nitrogens is 2. The summed E-state index contributed by atoms with van der Waals surface area (Å²) < 4.78 is 7.92. The summed E-state index contributed by atoms with van der Waals surface area (Å²) in [7, 11) is 0. The van der Waals surface area contributed by atoms with Crippen LogP contribution in [0.2, 0.25) is 0 Å². The van der Waals surface area contributed by atoms with Crippen molar-refractivity contribution < 1.29 is 10.2 Å². The molecule has 192 valence electrons. The first-order valence-electron chi connectivity index (χ1n) is 14.1. The summed E-state index contributed by atoms with van der Waals surface area (Å²) in [6.45, 7) is 6.20. The second-order valence-electron chi connectivity index (χ2n) is 11.7. The van der Waals surface area contributed by atoms with E-state index in [4.69, 9.17) is 4.37 Å². The van der Waals surface area contributed by atoms with Crippen LogP contribution in [0, 0.1) is 11.8 Å². The predicted molar refractivity (Wildman–Crippen MR) is 145 cm³/mol. The van der Waals surface area contributed by atoms with Crippen molar-refractivity contribution in [2.24, 2.45) is 11.8 Å². The van der Waals surface area contributed by atoms with Crippen LogP contribution in [0.4, 0.5) is 5.82 Å². The molecule has 7 rings (SSSR count). The molecule has 4 atom stereocenters. The first kappa shape index (κ1) is 22.9. The Hall–Kier alpha value is -2.25. The topological polar surface area (TPSA) is 64.8 Å². The van der Waals surface area contributed by atoms with Gasteiger partial charge in [0.15, 0.2) is 11.8 Å². The van der Waals surface area contributed by atoms with E-state index in [-0.39, 0.29) is 0 Å². The summed E-state index contributed by atoms with van der Waals surface area (Å²) in [6, 6.07) is 8.57. The van der Waals surface area contributed by atoms with E-state index in [2.05, 4.69) is 34.1 Å². The lowest BCUT2D eigenvalue weighted by Crippen LogP contribution is -2.47. The molecule has 0 amide bonds. The lowest BCUT2D eigenvalue weighted by Gasteiger charge is -2.37. The third-order valence-corrected chi connectivity index (χ3v) is 10.7. The molecule has 2 N–H and O–H groups in total. The second-order valence-corrected chi connectivity index (χ2v) is 12.5. The average Bonchev–Trinajstić information content (AvgIpc) is 3.69. The van der Waals surface area contributed by atoms with Crippen LogP contribution in [-0.4, -0.2) is 56.8 Å². The molecule has 3 heterocycles. The monoisotopic (exact) mass is 506 g/mol. The standard InChI is InChI=1S/C29H38N4O2S/c34-28-25-20-9-10-21(17-20)26(25)29(35)33(28)18-22-6-2-1-5-19(22)11-12-31-13-15-32(16-14-31)27-23-7-3-4-8-24(23)36-30-27/h3-4,7-8,19-22,34-35H,1-2,5-6,9-18H2. The van der Waals surface area contributed by atoms with E-state index < -0.39 is 0 Å². The van der Waals surface area contributed by atoms with Gasteiger partial charge in [0.2, 0.25) is 0 Å². The molecule has 1 saturated heterocycles. The lowest BCUT2D eigenvalue weighted by molar-refractivity contribution is 0.159. The molecule has 2 saturated carbocycles. The first-order valence-corrected chi connectivity index (χ1v) is 14.9. The van der Waals surface area contributed by atoms with Gasteiger partial charge in [0.25, 0.3) is 0 Å². The average molecular weight is 507 g/mol. The van der Waals surface area contributed by atoms with E-state index in [0.29, 0.717) is 35.4 Å². The van der Waals surface area contributed by atoms with Crippen molar-refractivity contribution in [2.45, 2.75) is 69.7 Å². The van der Waals surface area contributed by atoms with Crippen molar-refractivity contribution in [1.29, 1.82) is 0 Å². The van der Waals surface area contributed by atoms with Crippen LogP contribution >= 0.6 is 11.5 Å². The molecule has 0 radical (unpaired) electrons. The molecule has 1 aromatic carbocycles. The van der Waals surface area contributed by atoms with Crippen LogP contribution in [0.3, 0.4) is 0 Å². The van der Waals surface area contributed by atoms with Gasteiger partial charge in [0.05, 0.1) is 4.70 Å². The van der Waals surface area contributed by atoms with Crippen LogP contribution < -0.4 is 4.90 Å². The molecule has 3 aliphatic carbocycles. The zero-order valence-corrected chi connectivity index (χ0v) is 21.9. The maximum absolute atomic E-state index is 11.1. The summed E-state index contributed by atoms with van der Waals surface area (Å²) in [5.74, 6) is 4.08. The Morgan fingerprint density at radius 1 is 0.861 bits per heavy atom. The molecule has 7 heteroatoms. The number of hydrogen-bond donors (Lipinski definition) is 2. The van der Waals surface area contributed by atoms with Gasteiger partial charge in [0.1, 0.15) is 5.82 Å². The molecular weight excluding hydrogens is 468 g/mol. The molecule has 3 aromatic rings. The zero-order chi connectivity index (χ0) is 24.2. The van der Waals surface area contributed by atoms with Gasteiger partial charge in [-0.2, -0.15) is 4.37 Å². The molecule has 0 spiro atoms. The molecule has 3 fully saturated rings. The van der Waals surface area contributed by atoms with E-state index in [0.717, 1.165) is 62.6 Å². The number of anilines is 1. The van der Waals surface area contributed by atoms with E-state index in [9.17, 15) is 10.2 Å². The van der Waals surface area contributed by atoms with Gasteiger partial charge in [-0.1, -0.05) is 31.4 Å². The Balaban J connectivity index is 0.975. The van der Waals surface area contributed by atoms with E-state index in [1.54, 1.807) is 11.5 Å². The van der Waals surface area contributed by atoms with Crippen molar-refractivity contribution in [3.05, 3.63) is 35.4 Å². The summed E-state index contributed by atoms with van der Waals surface area (Å²) in [4.78, 5) is 5.09. The number of benzene rings is 1. The van der Waals surface area contributed by atoms with Gasteiger partial charge in [0, 0.05) is 49.2 Å². The smallest absolute Gasteiger partial charge is 0.197 e. The van der Waals surface area contributed by atoms with Crippen molar-refractivity contribution in [3.63, 3.8) is 0 Å². The number of hydrogen-bond acceptors (Lipinski definition) is 6. The zero-order valence-electron chi connectivity index (χ0n) is 21.1. The van der Waals surface area contributed by atoms with Gasteiger partial charge >= 0.3 is 0 Å². The van der Waals surface area contributed by atoms with Gasteiger partial charge < -0.3 is 15.1 Å². The molecule has 36 heavy (non-hydrogen) atoms. The molecule has 6 nitrogen and oxygen atoms in total. The fourth-order valence-electron chi connectivity index (χ4n) is 7.89. The highest BCUT2D eigenvalue weighted by atomic mass is 32.1. The van der Waals surface area contributed by atoms with Gasteiger partial charge in [-0.25, -0.2) is 0 Å². The normalized spacial score (nSPS) is 28.3. The minimum absolute atomic E-state index is 0.379. The Morgan fingerprint density at radius 2 is 1.56 bits per heavy atom. The highest BCUT2D eigenvalue weighted by Crippen LogP contribution is 2.60. The fraction of sp³-hybridized carbons (Fsp3) is 0.621. The minimum atomic E-state index is 0.379. The summed E-state index contributed by atoms with van der Waals surface area (Å²) in [5, 5.41) is 23.4. The van der Waals surface area contributed by atoms with Crippen LogP contribution in [0.25, 0.3) is 10.1 Å². The van der Waals surface area contributed by atoms with Crippen molar-refractivity contribution in [3.8, 4) is 11.8 Å². The third kappa shape index (κ3) is 3.81. The van der Waals surface area contributed by atoms with Crippen molar-refractivity contribution in [2.75, 3.05) is 37.6 Å². The SMILES string of the molecule is Oc1c2c(c(O)n1CC1CCCCC1CCN1CCN(c3nsc4ccccc34)CC1)C1CCC2C1. The highest BCUT2D eigenvalue weighted by molar-refractivity contribution is 7.13. The van der Waals surface area contributed by atoms with Crippen molar-refractivity contribution >= 4 is 27.4 Å². The summed E-state index contributed by atoms with van der Waals surface area (Å²) >= 11 is 1.61. The predicted octanol–water partition coefficient (Wildman–Crippen LogP) is 5.89. The van der Waals surface area contributed by atoms with Gasteiger partial charge in [-0.3, -0.25) is 9.47 Å². The van der Waals surface area contributed by atoms with Crippen LogP contribution in [0.15, 0.2) is 24.3 Å². The number of nitrogens with zero attached hydrogens (tertiary/aromatic N) is 4. The molecular formula is C29H38N4O2S. The van der Waals surface area contributed by atoms with Crippen LogP contribution in [0.1, 0.15) is 74.3 Å². The van der Waals surface area contributed by atoms with Crippen LogP contribution in [0.5, 0.6) is 11.8 Å². The van der Waals surface area contributed by atoms with Gasteiger partial charge in [-0.15, -0.1) is 0 Å². The molecule has 4 aliphatic rings. The maximum atomic E-state index is 11.1. The first-order chi connectivity index (χ1) is 17.7. The lowest BCUT2D eigenvalue weighted by atomic mass is 9.77. The van der Waals surface area contributed by atoms with E-state index in [1.807, 2.05) is 4.57 Å². The number of rotatable bonds is 6. The fourth-order valence-corrected chi connectivity index (χ4v) is 8.68. The van der Waals surface area contributed by atoms with Gasteiger partial charge in [-0.05, 0) is 86.0 Å². The quantitative estimate of drug-likeness (QED) is 0.436. The Morgan fingerprint density at radius 3 is 2.31 bits per heavy atom.